The number of hydrogen-bond donors (Lipinski definition) is 0. The first-order chi connectivity index (χ1) is 11.6. The van der Waals surface area contributed by atoms with Gasteiger partial charge in [0.25, 0.3) is 0 Å². The first-order valence-corrected chi connectivity index (χ1v) is 8.83. The highest BCUT2D eigenvalue weighted by atomic mass is 79.9. The fourth-order valence-corrected chi connectivity index (χ4v) is 2.64. The summed E-state index contributed by atoms with van der Waals surface area (Å²) in [6.07, 6.45) is 5.22. The van der Waals surface area contributed by atoms with Gasteiger partial charge in [0, 0.05) is 16.1 Å². The molecule has 2 rings (SSSR count). The molecule has 0 aliphatic rings. The van der Waals surface area contributed by atoms with Crippen molar-refractivity contribution in [3.8, 4) is 11.5 Å². The van der Waals surface area contributed by atoms with Crippen molar-refractivity contribution in [2.24, 2.45) is 0 Å². The van der Waals surface area contributed by atoms with Crippen LogP contribution in [0.1, 0.15) is 31.4 Å². The summed E-state index contributed by atoms with van der Waals surface area (Å²) in [7, 11) is 0. The monoisotopic (exact) mass is 388 g/mol. The molecular formula is C20H21BrO3. The molecule has 0 radical (unpaired) electrons. The number of ether oxygens (including phenoxy) is 2. The average Bonchev–Trinajstić information content (AvgIpc) is 2.57. The molecule has 0 fully saturated rings. The van der Waals surface area contributed by atoms with Crippen molar-refractivity contribution in [1.82, 2.24) is 0 Å². The SMILES string of the molecule is CCCc1ccc(OC(=O)/C=C/c2cc(Br)ccc2OCC)cc1. The summed E-state index contributed by atoms with van der Waals surface area (Å²) in [5.74, 6) is 0.859. The minimum atomic E-state index is -0.416. The van der Waals surface area contributed by atoms with Crippen LogP contribution >= 0.6 is 15.9 Å². The maximum absolute atomic E-state index is 12.0. The highest BCUT2D eigenvalue weighted by Crippen LogP contribution is 2.24. The van der Waals surface area contributed by atoms with Crippen LogP contribution in [-0.2, 0) is 11.2 Å². The number of aryl methyl sites for hydroxylation is 1. The number of halogens is 1. The lowest BCUT2D eigenvalue weighted by atomic mass is 10.1. The van der Waals surface area contributed by atoms with Gasteiger partial charge >= 0.3 is 5.97 Å². The van der Waals surface area contributed by atoms with Crippen molar-refractivity contribution in [1.29, 1.82) is 0 Å². The van der Waals surface area contributed by atoms with E-state index in [2.05, 4.69) is 22.9 Å². The van der Waals surface area contributed by atoms with E-state index in [4.69, 9.17) is 9.47 Å². The highest BCUT2D eigenvalue weighted by Gasteiger charge is 2.04. The molecule has 0 heterocycles. The van der Waals surface area contributed by atoms with E-state index < -0.39 is 5.97 Å². The van der Waals surface area contributed by atoms with Crippen LogP contribution in [0.2, 0.25) is 0 Å². The zero-order chi connectivity index (χ0) is 17.4. The van der Waals surface area contributed by atoms with Crippen molar-refractivity contribution in [2.45, 2.75) is 26.7 Å². The van der Waals surface area contributed by atoms with Crippen LogP contribution in [-0.4, -0.2) is 12.6 Å². The van der Waals surface area contributed by atoms with Gasteiger partial charge in [-0.25, -0.2) is 4.79 Å². The molecule has 4 heteroatoms. The Hall–Kier alpha value is -2.07. The summed E-state index contributed by atoms with van der Waals surface area (Å²) in [5, 5.41) is 0. The number of esters is 1. The van der Waals surface area contributed by atoms with Crippen LogP contribution < -0.4 is 9.47 Å². The van der Waals surface area contributed by atoms with Gasteiger partial charge in [-0.1, -0.05) is 41.4 Å². The molecule has 0 aromatic heterocycles. The third kappa shape index (κ3) is 5.53. The van der Waals surface area contributed by atoms with Crippen LogP contribution in [0, 0.1) is 0 Å². The lowest BCUT2D eigenvalue weighted by Gasteiger charge is -2.07. The third-order valence-corrected chi connectivity index (χ3v) is 3.84. The second kappa shape index (κ2) is 9.28. The lowest BCUT2D eigenvalue weighted by Crippen LogP contribution is -2.03. The summed E-state index contributed by atoms with van der Waals surface area (Å²) in [5.41, 5.74) is 2.06. The molecule has 126 valence electrons. The molecule has 2 aromatic rings. The van der Waals surface area contributed by atoms with Gasteiger partial charge in [0.1, 0.15) is 11.5 Å². The second-order valence-corrected chi connectivity index (χ2v) is 6.18. The Morgan fingerprint density at radius 3 is 2.54 bits per heavy atom. The van der Waals surface area contributed by atoms with E-state index in [9.17, 15) is 4.79 Å². The van der Waals surface area contributed by atoms with Gasteiger partial charge in [-0.15, -0.1) is 0 Å². The Morgan fingerprint density at radius 1 is 1.12 bits per heavy atom. The van der Waals surface area contributed by atoms with E-state index >= 15 is 0 Å². The highest BCUT2D eigenvalue weighted by molar-refractivity contribution is 9.10. The van der Waals surface area contributed by atoms with Crippen molar-refractivity contribution >= 4 is 28.0 Å². The molecule has 0 saturated carbocycles. The smallest absolute Gasteiger partial charge is 0.336 e. The maximum Gasteiger partial charge on any atom is 0.336 e. The van der Waals surface area contributed by atoms with E-state index in [1.165, 1.54) is 11.6 Å². The number of carbonyl (C=O) groups excluding carboxylic acids is 1. The Morgan fingerprint density at radius 2 is 1.88 bits per heavy atom. The van der Waals surface area contributed by atoms with Crippen LogP contribution in [0.15, 0.2) is 53.0 Å². The first kappa shape index (κ1) is 18.3. The van der Waals surface area contributed by atoms with Gasteiger partial charge in [0.2, 0.25) is 0 Å². The number of carbonyl (C=O) groups is 1. The molecule has 0 bridgehead atoms. The van der Waals surface area contributed by atoms with Crippen molar-refractivity contribution < 1.29 is 14.3 Å². The summed E-state index contributed by atoms with van der Waals surface area (Å²) in [6, 6.07) is 13.3. The fourth-order valence-electron chi connectivity index (χ4n) is 2.26. The van der Waals surface area contributed by atoms with Crippen LogP contribution in [0.25, 0.3) is 6.08 Å². The minimum absolute atomic E-state index is 0.416. The van der Waals surface area contributed by atoms with E-state index in [0.29, 0.717) is 12.4 Å². The molecule has 3 nitrogen and oxygen atoms in total. The van der Waals surface area contributed by atoms with Crippen LogP contribution in [0.3, 0.4) is 0 Å². The second-order valence-electron chi connectivity index (χ2n) is 5.26. The Labute approximate surface area is 151 Å². The van der Waals surface area contributed by atoms with Crippen molar-refractivity contribution in [3.05, 3.63) is 64.1 Å². The normalized spacial score (nSPS) is 10.8. The minimum Gasteiger partial charge on any atom is -0.493 e. The van der Waals surface area contributed by atoms with Gasteiger partial charge in [0.15, 0.2) is 0 Å². The number of rotatable bonds is 7. The third-order valence-electron chi connectivity index (χ3n) is 3.35. The van der Waals surface area contributed by atoms with Crippen LogP contribution in [0.5, 0.6) is 11.5 Å². The quantitative estimate of drug-likeness (QED) is 0.360. The van der Waals surface area contributed by atoms with Gasteiger partial charge in [-0.3, -0.25) is 0 Å². The van der Waals surface area contributed by atoms with E-state index in [1.807, 2.05) is 49.4 Å². The summed E-state index contributed by atoms with van der Waals surface area (Å²) >= 11 is 3.42. The summed E-state index contributed by atoms with van der Waals surface area (Å²) < 4.78 is 11.8. The van der Waals surface area contributed by atoms with Gasteiger partial charge in [0.05, 0.1) is 6.61 Å². The Bertz CT molecular complexity index is 705. The van der Waals surface area contributed by atoms with Crippen molar-refractivity contribution in [3.63, 3.8) is 0 Å². The molecule has 2 aromatic carbocycles. The Balaban J connectivity index is 2.03. The first-order valence-electron chi connectivity index (χ1n) is 8.03. The Kier molecular flexibility index (Phi) is 7.07. The van der Waals surface area contributed by atoms with Gasteiger partial charge in [-0.05, 0) is 55.3 Å². The summed E-state index contributed by atoms with van der Waals surface area (Å²) in [4.78, 5) is 12.0. The molecule has 0 spiro atoms. The van der Waals surface area contributed by atoms with Gasteiger partial charge in [-0.2, -0.15) is 0 Å². The van der Waals surface area contributed by atoms with Gasteiger partial charge < -0.3 is 9.47 Å². The standard InChI is InChI=1S/C20H21BrO3/c1-3-5-15-6-10-18(11-7-15)24-20(22)13-8-16-14-17(21)9-12-19(16)23-4-2/h6-14H,3-5H2,1-2H3/b13-8+. The molecule has 0 aliphatic heterocycles. The number of hydrogen-bond acceptors (Lipinski definition) is 3. The zero-order valence-electron chi connectivity index (χ0n) is 13.9. The summed E-state index contributed by atoms with van der Waals surface area (Å²) in [6.45, 7) is 4.63. The number of benzene rings is 2. The molecule has 24 heavy (non-hydrogen) atoms. The molecular weight excluding hydrogens is 368 g/mol. The molecule has 0 unspecified atom stereocenters. The molecule has 0 aliphatic carbocycles. The topological polar surface area (TPSA) is 35.5 Å². The van der Waals surface area contributed by atoms with E-state index in [0.717, 1.165) is 28.6 Å². The van der Waals surface area contributed by atoms with E-state index in [1.54, 1.807) is 6.08 Å². The molecule has 0 N–H and O–H groups in total. The predicted molar refractivity (Wildman–Crippen MR) is 100 cm³/mol. The lowest BCUT2D eigenvalue weighted by molar-refractivity contribution is -0.128. The fraction of sp³-hybridized carbons (Fsp3) is 0.250. The predicted octanol–water partition coefficient (Wildman–Crippen LogP) is 5.42. The van der Waals surface area contributed by atoms with Crippen LogP contribution in [0.4, 0.5) is 0 Å². The average molecular weight is 389 g/mol. The maximum atomic E-state index is 12.0. The van der Waals surface area contributed by atoms with Crippen molar-refractivity contribution in [2.75, 3.05) is 6.61 Å². The molecule has 0 saturated heterocycles. The molecule has 0 atom stereocenters. The zero-order valence-corrected chi connectivity index (χ0v) is 15.5. The largest absolute Gasteiger partial charge is 0.493 e. The van der Waals surface area contributed by atoms with E-state index in [-0.39, 0.29) is 0 Å². The molecule has 0 amide bonds.